The Morgan fingerprint density at radius 3 is 2.85 bits per heavy atom. The van der Waals surface area contributed by atoms with E-state index < -0.39 is 0 Å². The number of hydrogen-bond acceptors (Lipinski definition) is 6. The predicted octanol–water partition coefficient (Wildman–Crippen LogP) is 2.85. The molecule has 27 heavy (non-hydrogen) atoms. The van der Waals surface area contributed by atoms with Gasteiger partial charge in [-0.2, -0.15) is 0 Å². The number of aryl methyl sites for hydroxylation is 2. The summed E-state index contributed by atoms with van der Waals surface area (Å²) in [5, 5.41) is 4.03. The number of aromatic nitrogens is 4. The van der Waals surface area contributed by atoms with Gasteiger partial charge in [-0.1, -0.05) is 5.16 Å². The Kier molecular flexibility index (Phi) is 4.66. The van der Waals surface area contributed by atoms with Gasteiger partial charge in [-0.3, -0.25) is 19.7 Å². The summed E-state index contributed by atoms with van der Waals surface area (Å²) in [6.07, 6.45) is 8.41. The van der Waals surface area contributed by atoms with Crippen molar-refractivity contribution in [2.24, 2.45) is 5.92 Å². The lowest BCUT2D eigenvalue weighted by atomic mass is 9.98. The molecule has 0 aromatic carbocycles. The Morgan fingerprint density at radius 2 is 2.11 bits per heavy atom. The molecule has 1 fully saturated rings. The number of likely N-dealkylation sites (tertiary alicyclic amines) is 1. The third-order valence-electron chi connectivity index (χ3n) is 5.01. The van der Waals surface area contributed by atoms with E-state index in [9.17, 15) is 4.79 Å². The molecule has 7 heteroatoms. The van der Waals surface area contributed by atoms with Crippen LogP contribution >= 0.6 is 0 Å². The van der Waals surface area contributed by atoms with E-state index in [1.54, 1.807) is 36.9 Å². The van der Waals surface area contributed by atoms with Gasteiger partial charge >= 0.3 is 0 Å². The van der Waals surface area contributed by atoms with Gasteiger partial charge in [0.1, 0.15) is 5.76 Å². The minimum Gasteiger partial charge on any atom is -0.361 e. The van der Waals surface area contributed by atoms with Gasteiger partial charge in [-0.25, -0.2) is 0 Å². The molecule has 3 aromatic rings. The van der Waals surface area contributed by atoms with Crippen LogP contribution in [-0.2, 0) is 6.42 Å². The van der Waals surface area contributed by atoms with Crippen molar-refractivity contribution in [1.82, 2.24) is 25.0 Å². The van der Waals surface area contributed by atoms with E-state index in [4.69, 9.17) is 4.52 Å². The zero-order valence-corrected chi connectivity index (χ0v) is 15.4. The average Bonchev–Trinajstić information content (AvgIpc) is 3.29. The fraction of sp³-hybridized carbons (Fsp3) is 0.350. The topological polar surface area (TPSA) is 85.0 Å². The molecule has 7 nitrogen and oxygen atoms in total. The first-order valence-corrected chi connectivity index (χ1v) is 9.06. The van der Waals surface area contributed by atoms with E-state index in [0.717, 1.165) is 47.8 Å². The standard InChI is InChI=1S/C20H21N5O2/c1-13-18(14(2)27-24-13)19-17(22-7-8-23-19)10-15-5-9-25(12-15)20(26)16-4-3-6-21-11-16/h3-4,6-8,11,15H,5,9-10,12H2,1-2H3/t15-/m1/s1. The monoisotopic (exact) mass is 363 g/mol. The molecule has 0 unspecified atom stereocenters. The fourth-order valence-corrected chi connectivity index (χ4v) is 3.68. The van der Waals surface area contributed by atoms with Crippen LogP contribution in [0, 0.1) is 19.8 Å². The Bertz CT molecular complexity index is 935. The van der Waals surface area contributed by atoms with E-state index in [1.165, 1.54) is 0 Å². The molecule has 0 radical (unpaired) electrons. The van der Waals surface area contributed by atoms with Crippen molar-refractivity contribution in [2.45, 2.75) is 26.7 Å². The van der Waals surface area contributed by atoms with E-state index in [0.29, 0.717) is 18.0 Å². The quantitative estimate of drug-likeness (QED) is 0.709. The van der Waals surface area contributed by atoms with Crippen molar-refractivity contribution < 1.29 is 9.32 Å². The minimum absolute atomic E-state index is 0.0377. The van der Waals surface area contributed by atoms with Gasteiger partial charge in [-0.15, -0.1) is 0 Å². The first-order chi connectivity index (χ1) is 13.1. The van der Waals surface area contributed by atoms with Crippen molar-refractivity contribution in [3.05, 3.63) is 59.6 Å². The average molecular weight is 363 g/mol. The lowest BCUT2D eigenvalue weighted by Crippen LogP contribution is -2.29. The molecular weight excluding hydrogens is 342 g/mol. The number of pyridine rings is 1. The van der Waals surface area contributed by atoms with Crippen molar-refractivity contribution in [1.29, 1.82) is 0 Å². The van der Waals surface area contributed by atoms with Gasteiger partial charge < -0.3 is 9.42 Å². The van der Waals surface area contributed by atoms with Crippen LogP contribution < -0.4 is 0 Å². The molecule has 0 bridgehead atoms. The van der Waals surface area contributed by atoms with Gasteiger partial charge in [0, 0.05) is 37.9 Å². The molecule has 0 aliphatic carbocycles. The molecular formula is C20H21N5O2. The summed E-state index contributed by atoms with van der Waals surface area (Å²) in [7, 11) is 0. The van der Waals surface area contributed by atoms with E-state index in [1.807, 2.05) is 18.7 Å². The summed E-state index contributed by atoms with van der Waals surface area (Å²) in [5.74, 6) is 1.13. The maximum Gasteiger partial charge on any atom is 0.255 e. The second-order valence-electron chi connectivity index (χ2n) is 6.90. The van der Waals surface area contributed by atoms with Gasteiger partial charge in [0.05, 0.1) is 28.2 Å². The molecule has 1 aliphatic rings. The SMILES string of the molecule is Cc1noc(C)c1-c1nccnc1C[C@H]1CCN(C(=O)c2cccnc2)C1. The molecule has 1 amide bonds. The summed E-state index contributed by atoms with van der Waals surface area (Å²) in [6, 6.07) is 3.59. The van der Waals surface area contributed by atoms with Crippen LogP contribution in [0.15, 0.2) is 41.4 Å². The van der Waals surface area contributed by atoms with Crippen molar-refractivity contribution in [2.75, 3.05) is 13.1 Å². The summed E-state index contributed by atoms with van der Waals surface area (Å²) in [4.78, 5) is 27.7. The lowest BCUT2D eigenvalue weighted by molar-refractivity contribution is 0.0786. The van der Waals surface area contributed by atoms with Crippen LogP contribution in [0.1, 0.15) is 33.9 Å². The first kappa shape index (κ1) is 17.3. The molecule has 3 aromatic heterocycles. The van der Waals surface area contributed by atoms with Gasteiger partial charge in [0.25, 0.3) is 5.91 Å². The summed E-state index contributed by atoms with van der Waals surface area (Å²) in [5.41, 5.74) is 4.11. The number of rotatable bonds is 4. The number of carbonyl (C=O) groups is 1. The zero-order chi connectivity index (χ0) is 18.8. The van der Waals surface area contributed by atoms with Crippen molar-refractivity contribution in [3.8, 4) is 11.3 Å². The third-order valence-corrected chi connectivity index (χ3v) is 5.01. The molecule has 0 saturated carbocycles. The van der Waals surface area contributed by atoms with Crippen LogP contribution in [0.4, 0.5) is 0 Å². The zero-order valence-electron chi connectivity index (χ0n) is 15.4. The van der Waals surface area contributed by atoms with Gasteiger partial charge in [0.2, 0.25) is 0 Å². The maximum absolute atomic E-state index is 12.6. The van der Waals surface area contributed by atoms with E-state index in [-0.39, 0.29) is 5.91 Å². The lowest BCUT2D eigenvalue weighted by Gasteiger charge is -2.16. The largest absolute Gasteiger partial charge is 0.361 e. The normalized spacial score (nSPS) is 16.7. The smallest absolute Gasteiger partial charge is 0.255 e. The van der Waals surface area contributed by atoms with Crippen LogP contribution in [0.3, 0.4) is 0 Å². The van der Waals surface area contributed by atoms with E-state index in [2.05, 4.69) is 20.1 Å². The van der Waals surface area contributed by atoms with Gasteiger partial charge in [-0.05, 0) is 44.7 Å². The number of amides is 1. The fourth-order valence-electron chi connectivity index (χ4n) is 3.68. The molecule has 0 N–H and O–H groups in total. The number of carbonyl (C=O) groups excluding carboxylic acids is 1. The van der Waals surface area contributed by atoms with Crippen LogP contribution in [0.25, 0.3) is 11.3 Å². The Balaban J connectivity index is 1.51. The van der Waals surface area contributed by atoms with Crippen molar-refractivity contribution >= 4 is 5.91 Å². The maximum atomic E-state index is 12.6. The van der Waals surface area contributed by atoms with E-state index >= 15 is 0 Å². The van der Waals surface area contributed by atoms with Crippen molar-refractivity contribution in [3.63, 3.8) is 0 Å². The summed E-state index contributed by atoms with van der Waals surface area (Å²) < 4.78 is 5.30. The Hall–Kier alpha value is -3.09. The Labute approximate surface area is 157 Å². The number of hydrogen-bond donors (Lipinski definition) is 0. The van der Waals surface area contributed by atoms with Crippen LogP contribution in [0.2, 0.25) is 0 Å². The Morgan fingerprint density at radius 1 is 1.26 bits per heavy atom. The first-order valence-electron chi connectivity index (χ1n) is 9.06. The molecule has 1 aliphatic heterocycles. The summed E-state index contributed by atoms with van der Waals surface area (Å²) in [6.45, 7) is 5.26. The molecule has 1 saturated heterocycles. The second kappa shape index (κ2) is 7.26. The highest BCUT2D eigenvalue weighted by molar-refractivity contribution is 5.94. The third kappa shape index (κ3) is 3.45. The highest BCUT2D eigenvalue weighted by atomic mass is 16.5. The minimum atomic E-state index is 0.0377. The molecule has 138 valence electrons. The van der Waals surface area contributed by atoms with Crippen LogP contribution in [-0.4, -0.2) is 44.0 Å². The molecule has 1 atom stereocenters. The molecule has 0 spiro atoms. The second-order valence-corrected chi connectivity index (χ2v) is 6.90. The highest BCUT2D eigenvalue weighted by Gasteiger charge is 2.29. The highest BCUT2D eigenvalue weighted by Crippen LogP contribution is 2.30. The van der Waals surface area contributed by atoms with Crippen LogP contribution in [0.5, 0.6) is 0 Å². The van der Waals surface area contributed by atoms with Gasteiger partial charge in [0.15, 0.2) is 0 Å². The molecule has 4 rings (SSSR count). The number of nitrogens with zero attached hydrogens (tertiary/aromatic N) is 5. The predicted molar refractivity (Wildman–Crippen MR) is 99.0 cm³/mol. The molecule has 4 heterocycles. The summed E-state index contributed by atoms with van der Waals surface area (Å²) >= 11 is 0.